The van der Waals surface area contributed by atoms with Crippen LogP contribution in [0.5, 0.6) is 0 Å². The summed E-state index contributed by atoms with van der Waals surface area (Å²) in [6.07, 6.45) is 5.90. The van der Waals surface area contributed by atoms with Gasteiger partial charge in [-0.15, -0.1) is 0 Å². The second-order valence-electron chi connectivity index (χ2n) is 6.62. The SMILES string of the molecule is CC1(C)C2CNCC2CN1Cc1cn2cccnc2n1. The molecule has 0 amide bonds. The highest BCUT2D eigenvalue weighted by molar-refractivity contribution is 5.29. The van der Waals surface area contributed by atoms with Crippen LogP contribution in [0.25, 0.3) is 5.78 Å². The molecule has 2 atom stereocenters. The van der Waals surface area contributed by atoms with Gasteiger partial charge in [0.05, 0.1) is 5.69 Å². The van der Waals surface area contributed by atoms with Crippen LogP contribution in [0.2, 0.25) is 0 Å². The van der Waals surface area contributed by atoms with E-state index >= 15 is 0 Å². The molecule has 2 aromatic heterocycles. The summed E-state index contributed by atoms with van der Waals surface area (Å²) < 4.78 is 2.00. The number of nitrogens with one attached hydrogen (secondary N) is 1. The van der Waals surface area contributed by atoms with E-state index < -0.39 is 0 Å². The summed E-state index contributed by atoms with van der Waals surface area (Å²) in [4.78, 5) is 11.5. The van der Waals surface area contributed by atoms with Crippen molar-refractivity contribution < 1.29 is 0 Å². The fourth-order valence-electron chi connectivity index (χ4n) is 3.92. The van der Waals surface area contributed by atoms with Gasteiger partial charge in [-0.3, -0.25) is 9.30 Å². The number of rotatable bonds is 2. The minimum Gasteiger partial charge on any atom is -0.316 e. The maximum Gasteiger partial charge on any atom is 0.233 e. The first-order valence-electron chi connectivity index (χ1n) is 7.39. The molecule has 5 heteroatoms. The minimum atomic E-state index is 0.247. The third kappa shape index (κ3) is 1.77. The van der Waals surface area contributed by atoms with Crippen molar-refractivity contribution in [2.24, 2.45) is 11.8 Å². The Balaban J connectivity index is 1.59. The van der Waals surface area contributed by atoms with E-state index in [9.17, 15) is 0 Å². The van der Waals surface area contributed by atoms with E-state index in [4.69, 9.17) is 0 Å². The molecule has 2 aliphatic rings. The Hall–Kier alpha value is -1.46. The fraction of sp³-hybridized carbons (Fsp3) is 0.600. The van der Waals surface area contributed by atoms with Gasteiger partial charge in [0.15, 0.2) is 0 Å². The first kappa shape index (κ1) is 12.3. The van der Waals surface area contributed by atoms with E-state index in [0.717, 1.165) is 42.9 Å². The second kappa shape index (κ2) is 4.27. The zero-order valence-corrected chi connectivity index (χ0v) is 12.1. The van der Waals surface area contributed by atoms with Crippen molar-refractivity contribution in [3.8, 4) is 0 Å². The number of imidazole rings is 1. The number of fused-ring (bicyclic) bond motifs is 2. The Bertz CT molecular complexity index is 599. The Morgan fingerprint density at radius 2 is 2.30 bits per heavy atom. The van der Waals surface area contributed by atoms with Gasteiger partial charge in [-0.25, -0.2) is 9.97 Å². The van der Waals surface area contributed by atoms with E-state index in [-0.39, 0.29) is 5.54 Å². The van der Waals surface area contributed by atoms with Crippen LogP contribution in [0.3, 0.4) is 0 Å². The van der Waals surface area contributed by atoms with Gasteiger partial charge in [0.1, 0.15) is 0 Å². The van der Waals surface area contributed by atoms with Gasteiger partial charge in [0, 0.05) is 43.8 Å². The van der Waals surface area contributed by atoms with Gasteiger partial charge in [-0.1, -0.05) is 0 Å². The molecule has 0 saturated carbocycles. The molecule has 2 saturated heterocycles. The monoisotopic (exact) mass is 271 g/mol. The molecule has 2 fully saturated rings. The molecule has 2 aliphatic heterocycles. The number of aromatic nitrogens is 3. The Morgan fingerprint density at radius 1 is 1.40 bits per heavy atom. The van der Waals surface area contributed by atoms with Crippen molar-refractivity contribution in [1.82, 2.24) is 24.6 Å². The smallest absolute Gasteiger partial charge is 0.233 e. The van der Waals surface area contributed by atoms with Crippen LogP contribution in [-0.2, 0) is 6.54 Å². The summed E-state index contributed by atoms with van der Waals surface area (Å²) in [5, 5.41) is 3.53. The lowest BCUT2D eigenvalue weighted by molar-refractivity contribution is 0.130. The molecule has 4 heterocycles. The summed E-state index contributed by atoms with van der Waals surface area (Å²) in [7, 11) is 0. The average molecular weight is 271 g/mol. The molecule has 106 valence electrons. The van der Waals surface area contributed by atoms with E-state index in [1.807, 2.05) is 16.7 Å². The Kier molecular flexibility index (Phi) is 2.62. The zero-order chi connectivity index (χ0) is 13.7. The molecule has 0 radical (unpaired) electrons. The molecule has 0 aromatic carbocycles. The third-order valence-corrected chi connectivity index (χ3v) is 5.16. The van der Waals surface area contributed by atoms with Crippen LogP contribution >= 0.6 is 0 Å². The molecule has 20 heavy (non-hydrogen) atoms. The number of likely N-dealkylation sites (tertiary alicyclic amines) is 1. The van der Waals surface area contributed by atoms with Crippen LogP contribution in [0.4, 0.5) is 0 Å². The van der Waals surface area contributed by atoms with Gasteiger partial charge in [0.25, 0.3) is 0 Å². The van der Waals surface area contributed by atoms with Crippen LogP contribution < -0.4 is 5.32 Å². The molecule has 0 spiro atoms. The summed E-state index contributed by atoms with van der Waals surface area (Å²) >= 11 is 0. The highest BCUT2D eigenvalue weighted by Gasteiger charge is 2.49. The van der Waals surface area contributed by atoms with Crippen molar-refractivity contribution in [2.45, 2.75) is 25.9 Å². The molecule has 1 N–H and O–H groups in total. The van der Waals surface area contributed by atoms with Gasteiger partial charge in [-0.05, 0) is 38.3 Å². The van der Waals surface area contributed by atoms with Crippen LogP contribution in [0, 0.1) is 11.8 Å². The molecule has 2 aromatic rings. The highest BCUT2D eigenvalue weighted by atomic mass is 15.3. The van der Waals surface area contributed by atoms with E-state index in [0.29, 0.717) is 0 Å². The predicted octanol–water partition coefficient (Wildman–Crippen LogP) is 1.16. The van der Waals surface area contributed by atoms with Crippen molar-refractivity contribution in [3.05, 3.63) is 30.4 Å². The normalized spacial score (nSPS) is 29.1. The lowest BCUT2D eigenvalue weighted by Gasteiger charge is -2.35. The lowest BCUT2D eigenvalue weighted by Crippen LogP contribution is -2.43. The number of hydrogen-bond donors (Lipinski definition) is 1. The summed E-state index contributed by atoms with van der Waals surface area (Å²) in [6, 6.07) is 1.94. The molecular weight excluding hydrogens is 250 g/mol. The Morgan fingerprint density at radius 3 is 3.10 bits per heavy atom. The van der Waals surface area contributed by atoms with Gasteiger partial charge in [0.2, 0.25) is 5.78 Å². The summed E-state index contributed by atoms with van der Waals surface area (Å²) in [5.74, 6) is 2.35. The molecule has 2 unspecified atom stereocenters. The molecule has 5 nitrogen and oxygen atoms in total. The summed E-state index contributed by atoms with van der Waals surface area (Å²) in [6.45, 7) is 9.16. The largest absolute Gasteiger partial charge is 0.316 e. The minimum absolute atomic E-state index is 0.247. The highest BCUT2D eigenvalue weighted by Crippen LogP contribution is 2.41. The fourth-order valence-corrected chi connectivity index (χ4v) is 3.92. The zero-order valence-electron chi connectivity index (χ0n) is 12.1. The van der Waals surface area contributed by atoms with Crippen molar-refractivity contribution in [1.29, 1.82) is 0 Å². The van der Waals surface area contributed by atoms with Crippen LogP contribution in [-0.4, -0.2) is 44.4 Å². The van der Waals surface area contributed by atoms with Crippen molar-refractivity contribution >= 4 is 5.78 Å². The standard InChI is InChI=1S/C15H21N5/c1-15(2)13-7-16-6-11(13)8-20(15)10-12-9-19-5-3-4-17-14(19)18-12/h3-5,9,11,13,16H,6-8,10H2,1-2H3. The van der Waals surface area contributed by atoms with Gasteiger partial charge in [-0.2, -0.15) is 0 Å². The second-order valence-corrected chi connectivity index (χ2v) is 6.62. The van der Waals surface area contributed by atoms with Crippen LogP contribution in [0.15, 0.2) is 24.7 Å². The quantitative estimate of drug-likeness (QED) is 0.890. The lowest BCUT2D eigenvalue weighted by atomic mass is 9.85. The van der Waals surface area contributed by atoms with Crippen molar-refractivity contribution in [2.75, 3.05) is 19.6 Å². The molecule has 0 aliphatic carbocycles. The van der Waals surface area contributed by atoms with E-state index in [1.54, 1.807) is 6.20 Å². The van der Waals surface area contributed by atoms with Gasteiger partial charge < -0.3 is 5.32 Å². The van der Waals surface area contributed by atoms with E-state index in [2.05, 4.69) is 40.2 Å². The predicted molar refractivity (Wildman–Crippen MR) is 77.3 cm³/mol. The maximum atomic E-state index is 4.63. The number of nitrogens with zero attached hydrogens (tertiary/aromatic N) is 4. The third-order valence-electron chi connectivity index (χ3n) is 5.16. The first-order chi connectivity index (χ1) is 9.64. The Labute approximate surface area is 119 Å². The molecule has 4 rings (SSSR count). The van der Waals surface area contributed by atoms with Crippen LogP contribution in [0.1, 0.15) is 19.5 Å². The summed E-state index contributed by atoms with van der Waals surface area (Å²) in [5.41, 5.74) is 1.36. The first-order valence-corrected chi connectivity index (χ1v) is 7.39. The topological polar surface area (TPSA) is 45.5 Å². The van der Waals surface area contributed by atoms with Crippen molar-refractivity contribution in [3.63, 3.8) is 0 Å². The van der Waals surface area contributed by atoms with Gasteiger partial charge >= 0.3 is 0 Å². The molecule has 0 bridgehead atoms. The average Bonchev–Trinajstić information content (AvgIpc) is 3.07. The van der Waals surface area contributed by atoms with E-state index in [1.165, 1.54) is 6.54 Å². The number of hydrogen-bond acceptors (Lipinski definition) is 4. The molecular formula is C15H21N5. The maximum absolute atomic E-state index is 4.63.